The van der Waals surface area contributed by atoms with E-state index in [2.05, 4.69) is 107 Å². The number of ether oxygens (including phenoxy) is 4. The molecule has 0 amide bonds. The number of thiol groups is 1. The summed E-state index contributed by atoms with van der Waals surface area (Å²) in [5, 5.41) is 26.3. The van der Waals surface area contributed by atoms with Crippen LogP contribution in [0.1, 0.15) is 35.7 Å². The number of nitrogens with one attached hydrogen (secondary N) is 6. The number of imidazole rings is 5. The van der Waals surface area contributed by atoms with Crippen molar-refractivity contribution in [1.29, 1.82) is 0 Å². The number of hydrogen-bond acceptors (Lipinski definition) is 48. The van der Waals surface area contributed by atoms with Crippen molar-refractivity contribution in [1.82, 2.24) is 123 Å². The molecule has 12 aromatic rings. The summed E-state index contributed by atoms with van der Waals surface area (Å²) < 4.78 is 174. The van der Waals surface area contributed by atoms with Crippen molar-refractivity contribution in [2.75, 3.05) is 56.8 Å². The van der Waals surface area contributed by atoms with Gasteiger partial charge in [0.15, 0.2) is 117 Å². The molecule has 30 atom stereocenters. The Labute approximate surface area is 781 Å². The molecular formula is C59H64F4N28O30P6S8. The van der Waals surface area contributed by atoms with Gasteiger partial charge >= 0.3 is 40.4 Å². The Bertz CT molecular complexity index is 6710. The third-order valence-corrected chi connectivity index (χ3v) is 34.1. The second-order valence-electron chi connectivity index (χ2n) is 30.0. The summed E-state index contributed by atoms with van der Waals surface area (Å²) in [6, 6.07) is 0. The summed E-state index contributed by atoms with van der Waals surface area (Å²) in [6.45, 7) is -29.3. The van der Waals surface area contributed by atoms with Crippen molar-refractivity contribution < 1.29 is 130 Å². The van der Waals surface area contributed by atoms with E-state index in [1.165, 1.54) is 30.9 Å². The number of fused-ring (bicyclic) bond motifs is 15. The number of thioether (sulfide) groups is 2. The van der Waals surface area contributed by atoms with Crippen molar-refractivity contribution in [2.24, 2.45) is 0 Å². The van der Waals surface area contributed by atoms with E-state index in [-0.39, 0.29) is 84.8 Å². The minimum absolute atomic E-state index is 0.00954. The maximum atomic E-state index is 16.0. The Morgan fingerprint density at radius 3 is 1.12 bits per heavy atom. The highest BCUT2D eigenvalue weighted by Gasteiger charge is 2.59. The van der Waals surface area contributed by atoms with Crippen LogP contribution in [0.5, 0.6) is 0 Å². The fourth-order valence-electron chi connectivity index (χ4n) is 15.6. The molecule has 21 heterocycles. The van der Waals surface area contributed by atoms with Crippen molar-refractivity contribution in [2.45, 2.75) is 144 Å². The molecule has 135 heavy (non-hydrogen) atoms. The van der Waals surface area contributed by atoms with Crippen LogP contribution in [0.15, 0.2) is 79.4 Å². The summed E-state index contributed by atoms with van der Waals surface area (Å²) in [7, 11) is 0. The van der Waals surface area contributed by atoms with Crippen molar-refractivity contribution in [3.8, 4) is 0 Å². The lowest BCUT2D eigenvalue weighted by molar-refractivity contribution is -0.0597. The molecule has 9 fully saturated rings. The van der Waals surface area contributed by atoms with Gasteiger partial charge < -0.3 is 108 Å². The molecule has 0 spiro atoms. The Kier molecular flexibility index (Phi) is 26.5. The number of nitrogens with two attached hydrogens (primary N) is 3. The van der Waals surface area contributed by atoms with Gasteiger partial charge in [-0.2, -0.15) is 19.6 Å². The topological polar surface area (TPSA) is 779 Å². The fourth-order valence-corrected chi connectivity index (χ4v) is 27.6. The molecular weight excluding hydrogens is 2100 g/mol. The SMILES string of the molecule is Nc1nc2c(ncn2[C@@H]2O[C@@H]3COP(O)(=S)O[C@H]4[C@H](F)[C@H](n5nnc6c(=O)[nH]cnc65)O[C@@H]4COP(=O)(S)O[C@@H]2[C@@H]3F)c(=O)[nH]1.Nc1nc2c(ncn2[C@@H]2S[C@@H]3COP(O)(=S)O[C@H]4[C@H](F)[C@H](n5cnc6c(=O)[nH]cnc65)O[C@@H]4COP(O)(=S)O[C@@H]2[C@@H]3O)c(=O)[nH]1.Nc1nc2c(ncn2[C@@H]2S[C@@H]3COP(O)(=S)O[C@H]4[C@H](F)[C@H](n5cnc6c(=O)[nH]cnc65)O[C@@H]4COP(O)(=S)O[C@@H]2[C@@H]3O)c(=O)[nH]1. The van der Waals surface area contributed by atoms with E-state index in [1.807, 2.05) is 0 Å². The molecule has 9 aliphatic rings. The highest BCUT2D eigenvalue weighted by molar-refractivity contribution is 8.44. The van der Waals surface area contributed by atoms with Crippen molar-refractivity contribution in [3.63, 3.8) is 0 Å². The Morgan fingerprint density at radius 2 is 0.704 bits per heavy atom. The summed E-state index contributed by atoms with van der Waals surface area (Å²) in [5.41, 5.74) is 12.7. The number of aliphatic hydroxyl groups excluding tert-OH is 2. The molecule has 0 aromatic carbocycles. The molecule has 19 N–H and O–H groups in total. The highest BCUT2D eigenvalue weighted by atomic mass is 32.7. The minimum Gasteiger partial charge on any atom is -0.389 e. The number of aliphatic hydroxyl groups is 2. The molecule has 21 rings (SSSR count). The zero-order chi connectivity index (χ0) is 95.5. The van der Waals surface area contributed by atoms with E-state index in [0.29, 0.717) is 0 Å². The molecule has 0 saturated carbocycles. The van der Waals surface area contributed by atoms with Gasteiger partial charge in [0.25, 0.3) is 33.4 Å². The van der Waals surface area contributed by atoms with E-state index in [0.717, 1.165) is 70.7 Å². The van der Waals surface area contributed by atoms with Gasteiger partial charge in [-0.25, -0.2) is 62.0 Å². The lowest BCUT2D eigenvalue weighted by Crippen LogP contribution is -2.35. The highest BCUT2D eigenvalue weighted by Crippen LogP contribution is 2.62. The maximum absolute atomic E-state index is 16.0. The van der Waals surface area contributed by atoms with Crippen molar-refractivity contribution >= 4 is 220 Å². The lowest BCUT2D eigenvalue weighted by Gasteiger charge is -2.28. The molecule has 9 saturated heterocycles. The van der Waals surface area contributed by atoms with Crippen LogP contribution in [0.4, 0.5) is 35.4 Å². The second kappa shape index (κ2) is 37.0. The summed E-state index contributed by atoms with van der Waals surface area (Å²) in [4.78, 5) is 187. The standard InChI is InChI=1S/2C20H22FN9O10P2S3.C19H20F2N10O10P2S2/c2*21-8-12-6(38-18(8)29-4-25-9-14(29)23-3-24-16(9)32)1-36-41(34,43)40-13-11(31)7(2-37-42(35,44)39-12)45-19(13)30-5-26-10-15(30)27-20(22)28-17(10)33;20-7-5-1-36-42(34,44)40-11-6(39-17(8(11)21)31-13-10(28-29-31)15(32)24-3-23-13)2-37-43(35,45)41-12(7)18(38-5)30-4-25-9-14(30)26-19(22)27-16(9)33/h2*3-8,11-13,18-19,31H,1-2H2,(H,34,43)(H,35,44)(H,23,24,32)(H3,22,27,28,33);3-8,11-12,17-18H,1-2H2,(H,34,44)(H,35,45)(H,23,24,32)(H3,22,26,27,33)/t2*6-,7-,8+,11-,12-,13-,18-,19-,41?,42?;5-,6-,7-,8+,11-,12-,17-,18-,42?,43?/m111/s1. The van der Waals surface area contributed by atoms with E-state index >= 15 is 17.6 Å². The third kappa shape index (κ3) is 18.9. The van der Waals surface area contributed by atoms with Gasteiger partial charge in [-0.1, -0.05) is 17.5 Å². The van der Waals surface area contributed by atoms with Gasteiger partial charge in [-0.05, 0) is 59.0 Å². The molecule has 726 valence electrons. The van der Waals surface area contributed by atoms with Crippen LogP contribution >= 0.6 is 76.2 Å². The van der Waals surface area contributed by atoms with Gasteiger partial charge in [0.1, 0.15) is 71.8 Å². The molecule has 0 aliphatic carbocycles. The normalized spacial score (nSPS) is 37.7. The number of hydrogen-bond donors (Lipinski definition) is 17. The smallest absolute Gasteiger partial charge is 0.386 e. The first-order valence-electron chi connectivity index (χ1n) is 38.5. The number of nitrogens with zero attached hydrogens (tertiary/aromatic N) is 19. The first-order valence-corrected chi connectivity index (χ1v) is 56.0. The van der Waals surface area contributed by atoms with E-state index in [9.17, 15) is 68.0 Å². The monoisotopic (exact) mass is 2160 g/mol. The Hall–Kier alpha value is -7.24. The molecule has 12 aromatic heterocycles. The van der Waals surface area contributed by atoms with Crippen LogP contribution in [0.25, 0.3) is 67.0 Å². The van der Waals surface area contributed by atoms with E-state index in [1.54, 1.807) is 0 Å². The Balaban J connectivity index is 0.000000130. The largest absolute Gasteiger partial charge is 0.389 e. The van der Waals surface area contributed by atoms with Gasteiger partial charge in [0.2, 0.25) is 17.8 Å². The molecule has 6 unspecified atom stereocenters. The first kappa shape index (κ1) is 96.6. The average Bonchev–Trinajstić information content (AvgIpc) is 1.63. The number of aromatic nitrogens is 25. The van der Waals surface area contributed by atoms with E-state index in [4.69, 9.17) is 149 Å². The van der Waals surface area contributed by atoms with Crippen LogP contribution in [-0.4, -0.2) is 305 Å². The quantitative estimate of drug-likeness (QED) is 0.0505. The lowest BCUT2D eigenvalue weighted by atomic mass is 10.1. The number of nitrogen functional groups attached to an aromatic ring is 3. The third-order valence-electron chi connectivity index (χ3n) is 21.6. The number of halogens is 4. The van der Waals surface area contributed by atoms with Crippen LogP contribution in [0, 0.1) is 0 Å². The number of anilines is 3. The van der Waals surface area contributed by atoms with Crippen molar-refractivity contribution in [3.05, 3.63) is 113 Å². The van der Waals surface area contributed by atoms with Gasteiger partial charge in [-0.3, -0.25) is 98.2 Å². The number of rotatable bonds is 6. The average molecular weight is 2160 g/mol. The number of aromatic amines is 6. The molecule has 0 radical (unpaired) electrons. The Morgan fingerprint density at radius 1 is 0.385 bits per heavy atom. The predicted molar refractivity (Wildman–Crippen MR) is 472 cm³/mol. The molecule has 6 bridgehead atoms. The zero-order valence-corrected chi connectivity index (χ0v) is 78.4. The van der Waals surface area contributed by atoms with Crippen LogP contribution in [-0.2, 0) is 137 Å². The maximum Gasteiger partial charge on any atom is 0.386 e. The van der Waals surface area contributed by atoms with Gasteiger partial charge in [0.05, 0.1) is 113 Å². The predicted octanol–water partition coefficient (Wildman–Crippen LogP) is -1.63. The fraction of sp³-hybridized carbons (Fsp3) is 0.508. The zero-order valence-electron chi connectivity index (χ0n) is 66.5. The van der Waals surface area contributed by atoms with E-state index < -0.39 is 257 Å². The van der Waals surface area contributed by atoms with Gasteiger partial charge in [-0.15, -0.1) is 28.6 Å². The summed E-state index contributed by atoms with van der Waals surface area (Å²) >= 11 is 32.0. The molecule has 9 aliphatic heterocycles. The van der Waals surface area contributed by atoms with Crippen LogP contribution in [0.2, 0.25) is 0 Å². The van der Waals surface area contributed by atoms with Gasteiger partial charge in [0, 0.05) is 0 Å². The van der Waals surface area contributed by atoms with Crippen LogP contribution < -0.4 is 50.6 Å². The minimum atomic E-state index is -4.52. The first-order chi connectivity index (χ1) is 63.9. The summed E-state index contributed by atoms with van der Waals surface area (Å²) in [6.07, 6.45) is -22.9. The number of H-pyrrole nitrogens is 6. The summed E-state index contributed by atoms with van der Waals surface area (Å²) in [5.74, 6) is -0.650. The second-order valence-corrected chi connectivity index (χ2v) is 49.6. The molecule has 76 heteroatoms. The number of alkyl halides is 4. The van der Waals surface area contributed by atoms with Crippen LogP contribution in [0.3, 0.4) is 0 Å². The molecule has 58 nitrogen and oxygen atoms in total.